The molecule has 3 rings (SSSR count). The van der Waals surface area contributed by atoms with E-state index in [-0.39, 0.29) is 11.8 Å². The molecule has 0 aromatic heterocycles. The summed E-state index contributed by atoms with van der Waals surface area (Å²) in [5.74, 6) is 0.741. The zero-order valence-electron chi connectivity index (χ0n) is 19.8. The van der Waals surface area contributed by atoms with E-state index in [0.717, 1.165) is 5.56 Å². The molecule has 0 saturated heterocycles. The van der Waals surface area contributed by atoms with Crippen LogP contribution in [0.1, 0.15) is 33.4 Å². The second-order valence-electron chi connectivity index (χ2n) is 7.53. The molecule has 0 radical (unpaired) electrons. The quantitative estimate of drug-likeness (QED) is 0.577. The lowest BCUT2D eigenvalue weighted by molar-refractivity contribution is -0.124. The number of amides is 2. The lowest BCUT2D eigenvalue weighted by atomic mass is 9.79. The van der Waals surface area contributed by atoms with Gasteiger partial charge < -0.3 is 33.9 Å². The first-order valence-corrected chi connectivity index (χ1v) is 10.4. The lowest BCUT2D eigenvalue weighted by Crippen LogP contribution is -2.46. The van der Waals surface area contributed by atoms with Crippen LogP contribution in [0.4, 0.5) is 0 Å². The Labute approximate surface area is 193 Å². The topological polar surface area (TPSA) is 95.6 Å². The van der Waals surface area contributed by atoms with Crippen LogP contribution in [0.5, 0.6) is 23.0 Å². The minimum Gasteiger partial charge on any atom is -0.493 e. The van der Waals surface area contributed by atoms with E-state index in [1.54, 1.807) is 57.5 Å². The fourth-order valence-corrected chi connectivity index (χ4v) is 4.17. The molecular formula is C24H30N2O7. The zero-order valence-corrected chi connectivity index (χ0v) is 19.8. The predicted molar refractivity (Wildman–Crippen MR) is 122 cm³/mol. The zero-order chi connectivity index (χ0) is 24.1. The molecule has 178 valence electrons. The van der Waals surface area contributed by atoms with Gasteiger partial charge in [-0.1, -0.05) is 6.07 Å². The third kappa shape index (κ3) is 4.54. The van der Waals surface area contributed by atoms with Crippen molar-refractivity contribution in [2.24, 2.45) is 0 Å². The molecule has 0 spiro atoms. The van der Waals surface area contributed by atoms with Crippen molar-refractivity contribution in [1.82, 2.24) is 10.2 Å². The molecule has 1 aliphatic heterocycles. The highest BCUT2D eigenvalue weighted by Crippen LogP contribution is 2.46. The highest BCUT2D eigenvalue weighted by Gasteiger charge is 2.43. The predicted octanol–water partition coefficient (Wildman–Crippen LogP) is 2.39. The number of hydrogen-bond donors (Lipinski definition) is 1. The van der Waals surface area contributed by atoms with Crippen LogP contribution in [-0.2, 0) is 9.53 Å². The maximum Gasteiger partial charge on any atom is 0.254 e. The second-order valence-corrected chi connectivity index (χ2v) is 7.53. The maximum atomic E-state index is 13.5. The molecule has 0 bridgehead atoms. The highest BCUT2D eigenvalue weighted by molar-refractivity contribution is 6.02. The average Bonchev–Trinajstić information content (AvgIpc) is 2.84. The summed E-state index contributed by atoms with van der Waals surface area (Å²) in [4.78, 5) is 28.4. The molecular weight excluding hydrogens is 428 g/mol. The lowest BCUT2D eigenvalue weighted by Gasteiger charge is -2.40. The third-order valence-electron chi connectivity index (χ3n) is 5.81. The molecule has 1 aliphatic rings. The Morgan fingerprint density at radius 2 is 1.52 bits per heavy atom. The van der Waals surface area contributed by atoms with E-state index in [1.807, 2.05) is 6.07 Å². The van der Waals surface area contributed by atoms with Gasteiger partial charge in [-0.3, -0.25) is 9.59 Å². The normalized spacial score (nSPS) is 17.3. The van der Waals surface area contributed by atoms with Crippen molar-refractivity contribution in [1.29, 1.82) is 0 Å². The summed E-state index contributed by atoms with van der Waals surface area (Å²) in [5.41, 5.74) is 1.68. The number of hydrogen-bond acceptors (Lipinski definition) is 7. The van der Waals surface area contributed by atoms with Crippen molar-refractivity contribution in [2.45, 2.75) is 12.0 Å². The van der Waals surface area contributed by atoms with Crippen LogP contribution in [0.2, 0.25) is 0 Å². The summed E-state index contributed by atoms with van der Waals surface area (Å²) in [6, 6.07) is 8.10. The van der Waals surface area contributed by atoms with Gasteiger partial charge in [-0.25, -0.2) is 0 Å². The van der Waals surface area contributed by atoms with Crippen LogP contribution in [0, 0.1) is 0 Å². The number of carbonyl (C=O) groups is 2. The standard InChI is InChI=1S/C24H30N2O7/c1-26-22(14-7-8-17(30-3)18(11-14)31-4)21(23(27)25-9-10-29-2)15-12-19(32-5)20(33-6)13-16(15)24(26)28/h7-8,11-13,21-22H,9-10H2,1-6H3,(H,25,27)/t21-,22-/m0/s1. The largest absolute Gasteiger partial charge is 0.493 e. The number of methoxy groups -OCH3 is 5. The molecule has 1 heterocycles. The van der Waals surface area contributed by atoms with Crippen LogP contribution in [0.15, 0.2) is 30.3 Å². The first-order chi connectivity index (χ1) is 15.9. The van der Waals surface area contributed by atoms with Gasteiger partial charge >= 0.3 is 0 Å². The van der Waals surface area contributed by atoms with Gasteiger partial charge in [0.1, 0.15) is 0 Å². The fraction of sp³-hybridized carbons (Fsp3) is 0.417. The SMILES string of the molecule is COCCNC(=O)[C@H]1c2cc(OC)c(OC)cc2C(=O)N(C)[C@H]1c1ccc(OC)c(OC)c1. The molecule has 2 aromatic carbocycles. The van der Waals surface area contributed by atoms with Crippen molar-refractivity contribution in [2.75, 3.05) is 55.7 Å². The first-order valence-electron chi connectivity index (χ1n) is 10.4. The summed E-state index contributed by atoms with van der Waals surface area (Å²) in [5, 5.41) is 2.92. The van der Waals surface area contributed by atoms with Crippen molar-refractivity contribution in [3.05, 3.63) is 47.0 Å². The van der Waals surface area contributed by atoms with Crippen LogP contribution in [0.25, 0.3) is 0 Å². The van der Waals surface area contributed by atoms with Gasteiger partial charge in [0.05, 0.1) is 47.0 Å². The number of ether oxygens (including phenoxy) is 5. The van der Waals surface area contributed by atoms with Gasteiger partial charge in [-0.2, -0.15) is 0 Å². The molecule has 0 fully saturated rings. The van der Waals surface area contributed by atoms with E-state index < -0.39 is 12.0 Å². The summed E-state index contributed by atoms with van der Waals surface area (Å²) in [7, 11) is 9.36. The molecule has 9 heteroatoms. The summed E-state index contributed by atoms with van der Waals surface area (Å²) < 4.78 is 26.7. The van der Waals surface area contributed by atoms with E-state index in [9.17, 15) is 9.59 Å². The Morgan fingerprint density at radius 3 is 2.12 bits per heavy atom. The molecule has 33 heavy (non-hydrogen) atoms. The summed E-state index contributed by atoms with van der Waals surface area (Å²) in [6.45, 7) is 0.706. The van der Waals surface area contributed by atoms with Crippen LogP contribution >= 0.6 is 0 Å². The molecule has 2 atom stereocenters. The third-order valence-corrected chi connectivity index (χ3v) is 5.81. The van der Waals surface area contributed by atoms with E-state index in [0.29, 0.717) is 47.3 Å². The fourth-order valence-electron chi connectivity index (χ4n) is 4.17. The molecule has 0 unspecified atom stereocenters. The Balaban J connectivity index is 2.19. The Hall–Kier alpha value is -3.46. The monoisotopic (exact) mass is 458 g/mol. The Kier molecular flexibility index (Phi) is 7.65. The van der Waals surface area contributed by atoms with Crippen LogP contribution in [0.3, 0.4) is 0 Å². The maximum absolute atomic E-state index is 13.5. The first kappa shape index (κ1) is 24.2. The summed E-state index contributed by atoms with van der Waals surface area (Å²) >= 11 is 0. The minimum absolute atomic E-state index is 0.230. The number of fused-ring (bicyclic) bond motifs is 1. The van der Waals surface area contributed by atoms with Gasteiger partial charge in [0, 0.05) is 26.3 Å². The van der Waals surface area contributed by atoms with Gasteiger partial charge in [0.2, 0.25) is 5.91 Å². The number of nitrogens with one attached hydrogen (secondary N) is 1. The van der Waals surface area contributed by atoms with Crippen molar-refractivity contribution in [3.63, 3.8) is 0 Å². The smallest absolute Gasteiger partial charge is 0.254 e. The number of rotatable bonds is 9. The van der Waals surface area contributed by atoms with Crippen LogP contribution in [-0.4, -0.2) is 72.5 Å². The van der Waals surface area contributed by atoms with Crippen molar-refractivity contribution < 1.29 is 33.3 Å². The molecule has 9 nitrogen and oxygen atoms in total. The number of likely N-dealkylation sites (N-methyl/N-ethyl adjacent to an activating group) is 1. The van der Waals surface area contributed by atoms with Gasteiger partial charge in [0.15, 0.2) is 23.0 Å². The number of nitrogens with zero attached hydrogens (tertiary/aromatic N) is 1. The second kappa shape index (κ2) is 10.4. The van der Waals surface area contributed by atoms with E-state index in [1.165, 1.54) is 14.2 Å². The van der Waals surface area contributed by atoms with E-state index >= 15 is 0 Å². The molecule has 0 aliphatic carbocycles. The van der Waals surface area contributed by atoms with Crippen molar-refractivity contribution in [3.8, 4) is 23.0 Å². The van der Waals surface area contributed by atoms with Gasteiger partial charge in [-0.15, -0.1) is 0 Å². The average molecular weight is 459 g/mol. The number of benzene rings is 2. The van der Waals surface area contributed by atoms with Gasteiger partial charge in [-0.05, 0) is 35.4 Å². The molecule has 2 amide bonds. The highest BCUT2D eigenvalue weighted by atomic mass is 16.5. The van der Waals surface area contributed by atoms with Gasteiger partial charge in [0.25, 0.3) is 5.91 Å². The van der Waals surface area contributed by atoms with Crippen molar-refractivity contribution >= 4 is 11.8 Å². The molecule has 2 aromatic rings. The van der Waals surface area contributed by atoms with Crippen LogP contribution < -0.4 is 24.3 Å². The van der Waals surface area contributed by atoms with E-state index in [2.05, 4.69) is 5.32 Å². The number of carbonyl (C=O) groups excluding carboxylic acids is 2. The minimum atomic E-state index is -0.711. The molecule has 1 N–H and O–H groups in total. The Bertz CT molecular complexity index is 1020. The Morgan fingerprint density at radius 1 is 0.909 bits per heavy atom. The molecule has 0 saturated carbocycles. The van der Waals surface area contributed by atoms with E-state index in [4.69, 9.17) is 23.7 Å². The summed E-state index contributed by atoms with van der Waals surface area (Å²) in [6.07, 6.45) is 0.